The maximum atomic E-state index is 14.9. The number of carbonyl (C=O) groups is 1. The van der Waals surface area contributed by atoms with E-state index in [-0.39, 0.29) is 17.8 Å². The normalized spacial score (nSPS) is 17.4. The summed E-state index contributed by atoms with van der Waals surface area (Å²) in [5.74, 6) is -1.22. The summed E-state index contributed by atoms with van der Waals surface area (Å²) >= 11 is -1.94. The van der Waals surface area contributed by atoms with Gasteiger partial charge >= 0.3 is 0 Å². The second-order valence-electron chi connectivity index (χ2n) is 6.16. The van der Waals surface area contributed by atoms with Crippen LogP contribution in [0.1, 0.15) is 20.3 Å². The van der Waals surface area contributed by atoms with Gasteiger partial charge in [-0.1, -0.05) is 19.1 Å². The summed E-state index contributed by atoms with van der Waals surface area (Å²) in [6.07, 6.45) is 2.53. The van der Waals surface area contributed by atoms with E-state index in [4.69, 9.17) is 0 Å². The van der Waals surface area contributed by atoms with Gasteiger partial charge < -0.3 is 5.11 Å². The van der Waals surface area contributed by atoms with Gasteiger partial charge in [-0.25, -0.2) is 8.60 Å². The molecule has 1 atom stereocenters. The zero-order chi connectivity index (χ0) is 18.1. The van der Waals surface area contributed by atoms with E-state index in [1.54, 1.807) is 10.9 Å². The van der Waals surface area contributed by atoms with Crippen molar-refractivity contribution in [1.82, 2.24) is 19.7 Å². The van der Waals surface area contributed by atoms with Crippen LogP contribution in [0.2, 0.25) is 0 Å². The van der Waals surface area contributed by atoms with E-state index in [2.05, 4.69) is 28.9 Å². The van der Waals surface area contributed by atoms with Crippen molar-refractivity contribution in [2.45, 2.75) is 26.8 Å². The highest BCUT2D eigenvalue weighted by Crippen LogP contribution is 2.37. The molecule has 0 aliphatic carbocycles. The molecule has 1 fully saturated rings. The average Bonchev–Trinajstić information content (AvgIpc) is 3.12. The zero-order valence-electron chi connectivity index (χ0n) is 13.8. The molecule has 2 heterocycles. The molecule has 0 spiro atoms. The summed E-state index contributed by atoms with van der Waals surface area (Å²) in [6, 6.07) is 2.65. The molecule has 1 aromatic carbocycles. The molecule has 0 bridgehead atoms. The van der Waals surface area contributed by atoms with Crippen LogP contribution in [-0.2, 0) is 22.5 Å². The van der Waals surface area contributed by atoms with Crippen molar-refractivity contribution in [2.75, 3.05) is 10.8 Å². The number of phenols is 1. The van der Waals surface area contributed by atoms with Crippen molar-refractivity contribution in [1.29, 1.82) is 0 Å². The topological polar surface area (TPSA) is 100 Å². The highest BCUT2D eigenvalue weighted by atomic mass is 32.2. The number of aromatic hydroxyl groups is 1. The van der Waals surface area contributed by atoms with Crippen LogP contribution in [-0.4, -0.2) is 36.8 Å². The van der Waals surface area contributed by atoms with Crippen molar-refractivity contribution in [2.24, 2.45) is 5.92 Å². The molecule has 134 valence electrons. The maximum Gasteiger partial charge on any atom is 0.253 e. The van der Waals surface area contributed by atoms with Gasteiger partial charge in [-0.2, -0.15) is 0 Å². The number of hydrogen-bond acceptors (Lipinski definition) is 5. The van der Waals surface area contributed by atoms with Crippen LogP contribution in [0.3, 0.4) is 0 Å². The Labute approximate surface area is 146 Å². The first kappa shape index (κ1) is 17.3. The number of benzene rings is 1. The quantitative estimate of drug-likeness (QED) is 0.831. The minimum Gasteiger partial charge on any atom is -0.506 e. The van der Waals surface area contributed by atoms with Crippen LogP contribution >= 0.6 is 0 Å². The first-order valence-corrected chi connectivity index (χ1v) is 8.88. The van der Waals surface area contributed by atoms with Crippen LogP contribution in [0.15, 0.2) is 18.3 Å². The van der Waals surface area contributed by atoms with Gasteiger partial charge in [-0.05, 0) is 24.5 Å². The smallest absolute Gasteiger partial charge is 0.253 e. The minimum absolute atomic E-state index is 0.111. The van der Waals surface area contributed by atoms with E-state index in [0.717, 1.165) is 10.7 Å². The third kappa shape index (κ3) is 3.48. The van der Waals surface area contributed by atoms with Crippen LogP contribution in [0.25, 0.3) is 11.3 Å². The molecule has 10 heteroatoms. The third-order valence-electron chi connectivity index (χ3n) is 3.78. The minimum atomic E-state index is -1.94. The Hall–Kier alpha value is -2.49. The second-order valence-corrected chi connectivity index (χ2v) is 7.30. The van der Waals surface area contributed by atoms with Gasteiger partial charge in [0.05, 0.1) is 6.20 Å². The molecule has 8 nitrogen and oxygen atoms in total. The largest absolute Gasteiger partial charge is 0.506 e. The van der Waals surface area contributed by atoms with Crippen LogP contribution in [0.5, 0.6) is 5.75 Å². The number of nitrogens with zero attached hydrogens (tertiary/aromatic N) is 4. The maximum absolute atomic E-state index is 14.9. The number of carbonyl (C=O) groups excluding carboxylic acids is 1. The van der Waals surface area contributed by atoms with Crippen molar-refractivity contribution in [3.05, 3.63) is 24.1 Å². The molecule has 3 rings (SSSR count). The first-order valence-electron chi connectivity index (χ1n) is 7.77. The molecule has 0 radical (unpaired) electrons. The van der Waals surface area contributed by atoms with E-state index in [1.165, 1.54) is 12.1 Å². The highest BCUT2D eigenvalue weighted by Gasteiger charge is 2.32. The number of halogens is 1. The van der Waals surface area contributed by atoms with Crippen molar-refractivity contribution < 1.29 is 18.5 Å². The number of phenolic OH excluding ortho intramolecular Hbond substituents is 1. The lowest BCUT2D eigenvalue weighted by Gasteiger charge is -2.17. The molecule has 1 amide bonds. The van der Waals surface area contributed by atoms with Gasteiger partial charge in [0.2, 0.25) is 11.2 Å². The van der Waals surface area contributed by atoms with E-state index in [1.807, 2.05) is 0 Å². The second kappa shape index (κ2) is 6.79. The molecular weight excluding hydrogens is 349 g/mol. The van der Waals surface area contributed by atoms with Crippen LogP contribution in [0, 0.1) is 11.7 Å². The highest BCUT2D eigenvalue weighted by molar-refractivity contribution is 7.85. The Kier molecular flexibility index (Phi) is 4.71. The Balaban J connectivity index is 1.95. The van der Waals surface area contributed by atoms with Gasteiger partial charge in [0.25, 0.3) is 5.91 Å². The Morgan fingerprint density at radius 3 is 2.84 bits per heavy atom. The van der Waals surface area contributed by atoms with E-state index in [9.17, 15) is 18.5 Å². The molecular formula is C15H18FN5O3S. The summed E-state index contributed by atoms with van der Waals surface area (Å²) < 4.78 is 31.6. The number of hydrogen-bond donors (Lipinski definition) is 2. The fourth-order valence-electron chi connectivity index (χ4n) is 2.45. The molecule has 25 heavy (non-hydrogen) atoms. The first-order chi connectivity index (χ1) is 11.9. The van der Waals surface area contributed by atoms with E-state index in [0.29, 0.717) is 18.2 Å². The van der Waals surface area contributed by atoms with Gasteiger partial charge in [0, 0.05) is 12.1 Å². The van der Waals surface area contributed by atoms with E-state index >= 15 is 0 Å². The fourth-order valence-corrected chi connectivity index (χ4v) is 3.39. The van der Waals surface area contributed by atoms with Gasteiger partial charge in [-0.15, -0.1) is 5.10 Å². The number of nitrogens with one attached hydrogen (secondary N) is 1. The molecule has 1 aromatic heterocycles. The van der Waals surface area contributed by atoms with E-state index < -0.39 is 28.6 Å². The van der Waals surface area contributed by atoms with Gasteiger partial charge in [-0.3, -0.25) is 18.5 Å². The predicted octanol–water partition coefficient (Wildman–Crippen LogP) is 1.35. The Bertz CT molecular complexity index is 839. The lowest BCUT2D eigenvalue weighted by Crippen LogP contribution is -2.23. The standard InChI is InChI=1S/C15H18FN5O3S/c1-9(2)5-6-20-7-11(17-19-20)10-3-4-12(22)15(14(10)16)21-8-13(23)18-25(21)24/h3-4,7,9,22H,5-6,8H2,1-2H3,(H,18,23). The summed E-state index contributed by atoms with van der Waals surface area (Å²) in [7, 11) is 0. The van der Waals surface area contributed by atoms with Crippen molar-refractivity contribution in [3.63, 3.8) is 0 Å². The Morgan fingerprint density at radius 1 is 1.44 bits per heavy atom. The zero-order valence-corrected chi connectivity index (χ0v) is 14.6. The fraction of sp³-hybridized carbons (Fsp3) is 0.400. The van der Waals surface area contributed by atoms with Crippen LogP contribution in [0.4, 0.5) is 10.1 Å². The number of amides is 1. The van der Waals surface area contributed by atoms with Crippen molar-refractivity contribution in [3.8, 4) is 17.0 Å². The molecule has 1 saturated heterocycles. The molecule has 2 N–H and O–H groups in total. The number of rotatable bonds is 5. The third-order valence-corrected chi connectivity index (χ3v) is 4.90. The molecule has 0 saturated carbocycles. The van der Waals surface area contributed by atoms with Crippen molar-refractivity contribution >= 4 is 22.8 Å². The summed E-state index contributed by atoms with van der Waals surface area (Å²) in [4.78, 5) is 11.4. The number of aromatic nitrogens is 3. The molecule has 1 aliphatic rings. The monoisotopic (exact) mass is 367 g/mol. The summed E-state index contributed by atoms with van der Waals surface area (Å²) in [5, 5.41) is 17.9. The Morgan fingerprint density at radius 2 is 2.20 bits per heavy atom. The molecule has 2 aromatic rings. The van der Waals surface area contributed by atoms with Gasteiger partial charge in [0.15, 0.2) is 5.82 Å². The molecule has 1 aliphatic heterocycles. The number of aryl methyl sites for hydroxylation is 1. The van der Waals surface area contributed by atoms with Crippen LogP contribution < -0.4 is 9.03 Å². The SMILES string of the molecule is CC(C)CCn1cc(-c2ccc(O)c(N3CC(=O)NS3=O)c2F)nn1. The lowest BCUT2D eigenvalue weighted by molar-refractivity contribution is -0.117. The summed E-state index contributed by atoms with van der Waals surface area (Å²) in [5.41, 5.74) is 0.109. The van der Waals surface area contributed by atoms with Gasteiger partial charge in [0.1, 0.15) is 23.7 Å². The molecule has 1 unspecified atom stereocenters. The predicted molar refractivity (Wildman–Crippen MR) is 90.2 cm³/mol. The number of anilines is 1. The lowest BCUT2D eigenvalue weighted by atomic mass is 10.1. The summed E-state index contributed by atoms with van der Waals surface area (Å²) in [6.45, 7) is 4.54. The average molecular weight is 367 g/mol.